The van der Waals surface area contributed by atoms with Crippen LogP contribution in [0.25, 0.3) is 0 Å². The Hall–Kier alpha value is -0.0700. The molecule has 1 aromatic rings. The van der Waals surface area contributed by atoms with E-state index in [1.54, 1.807) is 0 Å². The molecule has 0 radical (unpaired) electrons. The van der Waals surface area contributed by atoms with E-state index in [4.69, 9.17) is 4.74 Å². The molecule has 0 unspecified atom stereocenters. The summed E-state index contributed by atoms with van der Waals surface area (Å²) in [5, 5.41) is 0. The minimum absolute atomic E-state index is 0. The average molecular weight is 477 g/mol. The summed E-state index contributed by atoms with van der Waals surface area (Å²) in [7, 11) is -4.13. The smallest absolute Gasteiger partial charge is 0.748 e. The number of aryl methyl sites for hydroxylation is 1. The molecule has 0 bridgehead atoms. The molecule has 6 heteroatoms. The van der Waals surface area contributed by atoms with Crippen molar-refractivity contribution in [2.45, 2.75) is 117 Å². The van der Waals surface area contributed by atoms with E-state index < -0.39 is 10.1 Å². The average Bonchev–Trinajstić information content (AvgIpc) is 2.73. The van der Waals surface area contributed by atoms with E-state index in [1.807, 2.05) is 6.07 Å². The van der Waals surface area contributed by atoms with Gasteiger partial charge in [0.05, 0.1) is 16.7 Å². The monoisotopic (exact) mass is 476 g/mol. The molecule has 0 saturated heterocycles. The van der Waals surface area contributed by atoms with Crippen LogP contribution < -0.4 is 34.3 Å². The summed E-state index contributed by atoms with van der Waals surface area (Å²) in [6.45, 7) is 4.95. The third-order valence-corrected chi connectivity index (χ3v) is 6.64. The van der Waals surface area contributed by atoms with E-state index in [9.17, 15) is 13.0 Å². The summed E-state index contributed by atoms with van der Waals surface area (Å²) in [6.07, 6.45) is 18.5. The molecule has 32 heavy (non-hydrogen) atoms. The van der Waals surface area contributed by atoms with Crippen molar-refractivity contribution in [3.05, 3.63) is 29.3 Å². The van der Waals surface area contributed by atoms with Gasteiger partial charge in [-0.3, -0.25) is 0 Å². The van der Waals surface area contributed by atoms with Gasteiger partial charge in [0.2, 0.25) is 0 Å². The maximum atomic E-state index is 10.8. The number of ether oxygens (including phenoxy) is 1. The summed E-state index contributed by atoms with van der Waals surface area (Å²) >= 11 is 0. The maximum absolute atomic E-state index is 10.8. The topological polar surface area (TPSA) is 66.4 Å². The third kappa shape index (κ3) is 16.5. The zero-order chi connectivity index (χ0) is 22.8. The molecule has 0 saturated carbocycles. The van der Waals surface area contributed by atoms with E-state index >= 15 is 0 Å². The standard InChI is InChI=1S/C26H46O4S.Na/c1-3-5-7-9-11-13-18-24-19-17-21-26(30-22-15-16-23-31(27,28)29)25(24)20-14-12-10-8-6-4-2;/h17,19,21H,3-16,18,20,22-23H2,1-2H3,(H,27,28,29);/q;+1/p-1. The first-order chi connectivity index (χ1) is 15.0. The van der Waals surface area contributed by atoms with Gasteiger partial charge in [0.15, 0.2) is 0 Å². The number of hydrogen-bond donors (Lipinski definition) is 0. The van der Waals surface area contributed by atoms with Crippen LogP contribution in [0.5, 0.6) is 5.75 Å². The molecule has 4 nitrogen and oxygen atoms in total. The molecule has 0 aliphatic rings. The first-order valence-electron chi connectivity index (χ1n) is 12.6. The largest absolute Gasteiger partial charge is 1.00 e. The van der Waals surface area contributed by atoms with Crippen LogP contribution in [0.1, 0.15) is 115 Å². The van der Waals surface area contributed by atoms with Crippen molar-refractivity contribution < 1.29 is 47.3 Å². The fourth-order valence-electron chi connectivity index (χ4n) is 4.01. The fraction of sp³-hybridized carbons (Fsp3) is 0.769. The Morgan fingerprint density at radius 2 is 1.31 bits per heavy atom. The quantitative estimate of drug-likeness (QED) is 0.161. The Labute approximate surface area is 220 Å². The molecule has 1 aromatic carbocycles. The Kier molecular flexibility index (Phi) is 20.3. The van der Waals surface area contributed by atoms with Crippen LogP contribution in [0.2, 0.25) is 0 Å². The van der Waals surface area contributed by atoms with Crippen molar-refractivity contribution in [2.24, 2.45) is 0 Å². The molecule has 0 aliphatic heterocycles. The van der Waals surface area contributed by atoms with E-state index in [0.29, 0.717) is 19.4 Å². The number of benzene rings is 1. The van der Waals surface area contributed by atoms with Crippen LogP contribution in [0.4, 0.5) is 0 Å². The van der Waals surface area contributed by atoms with Gasteiger partial charge in [-0.25, -0.2) is 8.42 Å². The van der Waals surface area contributed by atoms with Gasteiger partial charge in [0, 0.05) is 5.75 Å². The molecule has 0 aliphatic carbocycles. The molecule has 1 rings (SSSR count). The van der Waals surface area contributed by atoms with E-state index in [-0.39, 0.29) is 35.3 Å². The number of rotatable bonds is 20. The molecule has 180 valence electrons. The first kappa shape index (κ1) is 31.9. The van der Waals surface area contributed by atoms with Crippen molar-refractivity contribution in [3.63, 3.8) is 0 Å². The van der Waals surface area contributed by atoms with Crippen molar-refractivity contribution in [2.75, 3.05) is 12.4 Å². The van der Waals surface area contributed by atoms with Gasteiger partial charge in [-0.1, -0.05) is 90.2 Å². The molecule has 0 N–H and O–H groups in total. The van der Waals surface area contributed by atoms with Crippen molar-refractivity contribution in [1.29, 1.82) is 0 Å². The number of unbranched alkanes of at least 4 members (excludes halogenated alkanes) is 11. The molecular formula is C26H45NaO4S. The van der Waals surface area contributed by atoms with Crippen molar-refractivity contribution in [1.82, 2.24) is 0 Å². The molecule has 0 amide bonds. The summed E-state index contributed by atoms with van der Waals surface area (Å²) in [5.74, 6) is 0.640. The van der Waals surface area contributed by atoms with Crippen molar-refractivity contribution >= 4 is 10.1 Å². The maximum Gasteiger partial charge on any atom is 1.00 e. The number of hydrogen-bond acceptors (Lipinski definition) is 4. The Morgan fingerprint density at radius 3 is 1.91 bits per heavy atom. The molecular weight excluding hydrogens is 431 g/mol. The van der Waals surface area contributed by atoms with E-state index in [1.165, 1.54) is 88.2 Å². The Balaban J connectivity index is 0.00000961. The zero-order valence-corrected chi connectivity index (χ0v) is 23.8. The van der Waals surface area contributed by atoms with Crippen LogP contribution in [0, 0.1) is 0 Å². The summed E-state index contributed by atoms with van der Waals surface area (Å²) in [5.41, 5.74) is 2.74. The van der Waals surface area contributed by atoms with Gasteiger partial charge in [0.25, 0.3) is 0 Å². The molecule has 0 spiro atoms. The summed E-state index contributed by atoms with van der Waals surface area (Å²) < 4.78 is 38.3. The van der Waals surface area contributed by atoms with Crippen LogP contribution in [-0.4, -0.2) is 25.3 Å². The molecule has 0 atom stereocenters. The first-order valence-corrected chi connectivity index (χ1v) is 14.2. The van der Waals surface area contributed by atoms with Crippen molar-refractivity contribution in [3.8, 4) is 5.75 Å². The zero-order valence-electron chi connectivity index (χ0n) is 21.0. The molecule has 0 aromatic heterocycles. The van der Waals surface area contributed by atoms with Crippen LogP contribution in [-0.2, 0) is 23.0 Å². The van der Waals surface area contributed by atoms with Crippen LogP contribution in [0.3, 0.4) is 0 Å². The van der Waals surface area contributed by atoms with E-state index in [2.05, 4.69) is 26.0 Å². The second kappa shape index (κ2) is 20.3. The minimum Gasteiger partial charge on any atom is -0.748 e. The Bertz CT molecular complexity index is 676. The normalized spacial score (nSPS) is 11.3. The van der Waals surface area contributed by atoms with Crippen LogP contribution in [0.15, 0.2) is 18.2 Å². The predicted molar refractivity (Wildman–Crippen MR) is 130 cm³/mol. The van der Waals surface area contributed by atoms with Gasteiger partial charge in [-0.05, 0) is 55.7 Å². The van der Waals surface area contributed by atoms with Gasteiger partial charge in [0.1, 0.15) is 5.75 Å². The molecule has 0 heterocycles. The van der Waals surface area contributed by atoms with Gasteiger partial charge in [-0.2, -0.15) is 0 Å². The minimum atomic E-state index is -4.13. The summed E-state index contributed by atoms with van der Waals surface area (Å²) in [6, 6.07) is 6.37. The predicted octanol–water partition coefficient (Wildman–Crippen LogP) is 4.20. The second-order valence-electron chi connectivity index (χ2n) is 8.75. The SMILES string of the molecule is CCCCCCCCc1cccc(OCCCCS(=O)(=O)[O-])c1CCCCCCCC.[Na+]. The molecule has 0 fully saturated rings. The summed E-state index contributed by atoms with van der Waals surface area (Å²) in [4.78, 5) is 0. The fourth-order valence-corrected chi connectivity index (χ4v) is 4.56. The van der Waals surface area contributed by atoms with Gasteiger partial charge < -0.3 is 9.29 Å². The van der Waals surface area contributed by atoms with E-state index in [0.717, 1.165) is 18.6 Å². The Morgan fingerprint density at radius 1 is 0.750 bits per heavy atom. The van der Waals surface area contributed by atoms with Gasteiger partial charge in [-0.15, -0.1) is 0 Å². The van der Waals surface area contributed by atoms with Crippen LogP contribution >= 0.6 is 0 Å². The second-order valence-corrected chi connectivity index (χ2v) is 10.3. The third-order valence-electron chi connectivity index (χ3n) is 5.86. The van der Waals surface area contributed by atoms with Gasteiger partial charge >= 0.3 is 29.6 Å².